The van der Waals surface area contributed by atoms with Crippen LogP contribution in [-0.4, -0.2) is 63.5 Å². The molecule has 0 unspecified atom stereocenters. The van der Waals surface area contributed by atoms with E-state index >= 15 is 0 Å². The van der Waals surface area contributed by atoms with Gasteiger partial charge in [-0.05, 0) is 38.5 Å². The summed E-state index contributed by atoms with van der Waals surface area (Å²) in [6, 6.07) is 13.8. The number of ether oxygens (including phenoxy) is 4. The molecule has 1 saturated heterocycles. The lowest BCUT2D eigenvalue weighted by Gasteiger charge is -2.35. The largest absolute Gasteiger partial charge is 0.490 e. The van der Waals surface area contributed by atoms with Gasteiger partial charge >= 0.3 is 0 Å². The van der Waals surface area contributed by atoms with Gasteiger partial charge in [0.05, 0.1) is 39.1 Å². The summed E-state index contributed by atoms with van der Waals surface area (Å²) < 4.78 is 22.8. The topological polar surface area (TPSA) is 69.3 Å². The van der Waals surface area contributed by atoms with Crippen LogP contribution in [0.1, 0.15) is 42.7 Å². The normalized spacial score (nSPS) is 15.1. The molecule has 1 aliphatic rings. The molecule has 1 fully saturated rings. The second kappa shape index (κ2) is 12.3. The fourth-order valence-electron chi connectivity index (χ4n) is 3.83. The molecule has 2 aromatic carbocycles. The molecule has 1 heterocycles. The second-order valence-corrected chi connectivity index (χ2v) is 7.39. The van der Waals surface area contributed by atoms with E-state index in [-0.39, 0.29) is 11.9 Å². The summed E-state index contributed by atoms with van der Waals surface area (Å²) in [5.41, 5.74) is 1.65. The molecular formula is C25H34N2O5. The van der Waals surface area contributed by atoms with Gasteiger partial charge in [0.15, 0.2) is 11.5 Å². The lowest BCUT2D eigenvalue weighted by Crippen LogP contribution is -2.43. The third kappa shape index (κ3) is 6.14. The van der Waals surface area contributed by atoms with Crippen molar-refractivity contribution in [1.82, 2.24) is 10.2 Å². The van der Waals surface area contributed by atoms with E-state index in [0.717, 1.165) is 13.1 Å². The molecule has 1 N–H and O–H groups in total. The van der Waals surface area contributed by atoms with Crippen LogP contribution in [-0.2, 0) is 4.74 Å². The zero-order valence-electron chi connectivity index (χ0n) is 19.3. The van der Waals surface area contributed by atoms with Crippen molar-refractivity contribution in [2.24, 2.45) is 0 Å². The Hall–Kier alpha value is -2.77. The highest BCUT2D eigenvalue weighted by molar-refractivity contribution is 5.95. The maximum absolute atomic E-state index is 13.1. The summed E-state index contributed by atoms with van der Waals surface area (Å²) in [5, 5.41) is 3.11. The monoisotopic (exact) mass is 442 g/mol. The van der Waals surface area contributed by atoms with Crippen molar-refractivity contribution in [2.45, 2.75) is 26.8 Å². The van der Waals surface area contributed by atoms with Crippen LogP contribution in [0.15, 0.2) is 42.5 Å². The smallest absolute Gasteiger partial charge is 0.251 e. The molecule has 0 spiro atoms. The Labute approximate surface area is 190 Å². The molecular weight excluding hydrogens is 408 g/mol. The number of hydrogen-bond acceptors (Lipinski definition) is 6. The van der Waals surface area contributed by atoms with Gasteiger partial charge < -0.3 is 24.3 Å². The van der Waals surface area contributed by atoms with Gasteiger partial charge in [-0.3, -0.25) is 9.69 Å². The van der Waals surface area contributed by atoms with Gasteiger partial charge in [-0.2, -0.15) is 0 Å². The van der Waals surface area contributed by atoms with Crippen LogP contribution in [0.25, 0.3) is 0 Å². The van der Waals surface area contributed by atoms with Crippen LogP contribution in [0.4, 0.5) is 0 Å². The Morgan fingerprint density at radius 1 is 0.969 bits per heavy atom. The average Bonchev–Trinajstić information content (AvgIpc) is 2.82. The molecule has 0 radical (unpaired) electrons. The quantitative estimate of drug-likeness (QED) is 0.573. The van der Waals surface area contributed by atoms with Crippen LogP contribution < -0.4 is 19.5 Å². The first-order chi connectivity index (χ1) is 15.7. The molecule has 1 aliphatic heterocycles. The van der Waals surface area contributed by atoms with Crippen LogP contribution >= 0.6 is 0 Å². The van der Waals surface area contributed by atoms with Gasteiger partial charge in [0.2, 0.25) is 5.75 Å². The summed E-state index contributed by atoms with van der Waals surface area (Å²) in [6.07, 6.45) is 0. The number of nitrogens with one attached hydrogen (secondary N) is 1. The number of carbonyl (C=O) groups is 1. The van der Waals surface area contributed by atoms with Crippen molar-refractivity contribution < 1.29 is 23.7 Å². The third-order valence-electron chi connectivity index (χ3n) is 5.30. The van der Waals surface area contributed by atoms with Gasteiger partial charge in [0, 0.05) is 25.2 Å². The molecule has 174 valence electrons. The summed E-state index contributed by atoms with van der Waals surface area (Å²) >= 11 is 0. The number of nitrogens with zero attached hydrogens (tertiary/aromatic N) is 1. The number of rotatable bonds is 11. The van der Waals surface area contributed by atoms with E-state index < -0.39 is 0 Å². The zero-order chi connectivity index (χ0) is 22.8. The zero-order valence-corrected chi connectivity index (χ0v) is 19.3. The lowest BCUT2D eigenvalue weighted by atomic mass is 10.0. The molecule has 32 heavy (non-hydrogen) atoms. The molecule has 2 aromatic rings. The summed E-state index contributed by atoms with van der Waals surface area (Å²) in [5.74, 6) is 1.38. The van der Waals surface area contributed by atoms with Crippen molar-refractivity contribution in [3.8, 4) is 17.2 Å². The van der Waals surface area contributed by atoms with Gasteiger partial charge in [0.1, 0.15) is 0 Å². The van der Waals surface area contributed by atoms with E-state index in [9.17, 15) is 4.79 Å². The lowest BCUT2D eigenvalue weighted by molar-refractivity contribution is 0.0162. The maximum Gasteiger partial charge on any atom is 0.251 e. The highest BCUT2D eigenvalue weighted by atomic mass is 16.5. The number of morpholine rings is 1. The Morgan fingerprint density at radius 2 is 1.56 bits per heavy atom. The minimum absolute atomic E-state index is 0.0736. The number of benzene rings is 2. The SMILES string of the molecule is CCOc1cc(C(=O)NC[C@H](c2ccccc2)N2CCOCC2)cc(OCC)c1OCC. The number of carbonyl (C=O) groups excluding carboxylic acids is 1. The van der Waals surface area contributed by atoms with Gasteiger partial charge in [-0.15, -0.1) is 0 Å². The van der Waals surface area contributed by atoms with Gasteiger partial charge in [-0.1, -0.05) is 30.3 Å². The van der Waals surface area contributed by atoms with Crippen molar-refractivity contribution in [1.29, 1.82) is 0 Å². The molecule has 3 rings (SSSR count). The molecule has 7 heteroatoms. The van der Waals surface area contributed by atoms with E-state index in [4.69, 9.17) is 18.9 Å². The first-order valence-corrected chi connectivity index (χ1v) is 11.4. The summed E-state index contributed by atoms with van der Waals surface area (Å²) in [6.45, 7) is 10.7. The minimum atomic E-state index is -0.177. The molecule has 0 aliphatic carbocycles. The Kier molecular flexibility index (Phi) is 9.19. The Bertz CT molecular complexity index is 826. The average molecular weight is 443 g/mol. The first-order valence-electron chi connectivity index (χ1n) is 11.4. The van der Waals surface area contributed by atoms with Gasteiger partial charge in [-0.25, -0.2) is 0 Å². The minimum Gasteiger partial charge on any atom is -0.490 e. The first kappa shape index (κ1) is 23.9. The predicted molar refractivity (Wildman–Crippen MR) is 124 cm³/mol. The number of amides is 1. The van der Waals surface area contributed by atoms with Crippen LogP contribution in [0.5, 0.6) is 17.2 Å². The van der Waals surface area contributed by atoms with E-state index in [1.807, 2.05) is 39.0 Å². The fourth-order valence-corrected chi connectivity index (χ4v) is 3.83. The molecule has 1 atom stereocenters. The second-order valence-electron chi connectivity index (χ2n) is 7.39. The number of hydrogen-bond donors (Lipinski definition) is 1. The summed E-state index contributed by atoms with van der Waals surface area (Å²) in [7, 11) is 0. The van der Waals surface area contributed by atoms with Crippen molar-refractivity contribution in [2.75, 3.05) is 52.7 Å². The predicted octanol–water partition coefficient (Wildman–Crippen LogP) is 3.69. The summed E-state index contributed by atoms with van der Waals surface area (Å²) in [4.78, 5) is 15.5. The van der Waals surface area contributed by atoms with Crippen molar-refractivity contribution in [3.05, 3.63) is 53.6 Å². The highest BCUT2D eigenvalue weighted by Crippen LogP contribution is 2.39. The molecule has 7 nitrogen and oxygen atoms in total. The third-order valence-corrected chi connectivity index (χ3v) is 5.30. The van der Waals surface area contributed by atoms with Crippen LogP contribution in [0.2, 0.25) is 0 Å². The molecule has 0 saturated carbocycles. The van der Waals surface area contributed by atoms with Crippen molar-refractivity contribution in [3.63, 3.8) is 0 Å². The van der Waals surface area contributed by atoms with Crippen LogP contribution in [0, 0.1) is 0 Å². The van der Waals surface area contributed by atoms with Crippen LogP contribution in [0.3, 0.4) is 0 Å². The van der Waals surface area contributed by atoms with E-state index in [1.54, 1.807) is 12.1 Å². The Morgan fingerprint density at radius 3 is 2.12 bits per heavy atom. The van der Waals surface area contributed by atoms with Gasteiger partial charge in [0.25, 0.3) is 5.91 Å². The fraction of sp³-hybridized carbons (Fsp3) is 0.480. The van der Waals surface area contributed by atoms with E-state index in [0.29, 0.717) is 62.4 Å². The molecule has 0 aromatic heterocycles. The highest BCUT2D eigenvalue weighted by Gasteiger charge is 2.24. The maximum atomic E-state index is 13.1. The van der Waals surface area contributed by atoms with E-state index in [2.05, 4.69) is 22.3 Å². The molecule has 1 amide bonds. The van der Waals surface area contributed by atoms with Crippen molar-refractivity contribution >= 4 is 5.91 Å². The standard InChI is InChI=1S/C25H34N2O5/c1-4-30-22-16-20(17-23(31-5-2)24(22)32-6-3)25(28)26-18-21(19-10-8-7-9-11-19)27-12-14-29-15-13-27/h7-11,16-17,21H,4-6,12-15,18H2,1-3H3,(H,26,28)/t21-/m1/s1. The molecule has 0 bridgehead atoms. The Balaban J connectivity index is 1.81. The van der Waals surface area contributed by atoms with E-state index in [1.165, 1.54) is 5.56 Å².